The highest BCUT2D eigenvalue weighted by molar-refractivity contribution is 5.73. The average molecular weight is 334 g/mol. The van der Waals surface area contributed by atoms with E-state index in [2.05, 4.69) is 40.4 Å². The first-order valence-electron chi connectivity index (χ1n) is 8.28. The predicted octanol–water partition coefficient (Wildman–Crippen LogP) is 4.77. The van der Waals surface area contributed by atoms with E-state index in [9.17, 15) is 0 Å². The van der Waals surface area contributed by atoms with E-state index in [0.29, 0.717) is 23.1 Å². The van der Waals surface area contributed by atoms with Gasteiger partial charge in [-0.25, -0.2) is 4.98 Å². The van der Waals surface area contributed by atoms with Crippen molar-refractivity contribution in [2.75, 3.05) is 11.1 Å². The third kappa shape index (κ3) is 3.88. The van der Waals surface area contributed by atoms with Crippen LogP contribution in [0.2, 0.25) is 0 Å². The van der Waals surface area contributed by atoms with Gasteiger partial charge in [0.25, 0.3) is 0 Å². The SMILES string of the molecule is CCc1ccc(Oc2ncnc(Nc3cc(C)ccc3C)c2N)cc1. The summed E-state index contributed by atoms with van der Waals surface area (Å²) in [5, 5.41) is 3.27. The van der Waals surface area contributed by atoms with Gasteiger partial charge in [0.15, 0.2) is 5.82 Å². The van der Waals surface area contributed by atoms with Crippen LogP contribution in [-0.4, -0.2) is 9.97 Å². The summed E-state index contributed by atoms with van der Waals surface area (Å²) in [6.45, 7) is 6.19. The molecule has 5 heteroatoms. The van der Waals surface area contributed by atoms with E-state index in [0.717, 1.165) is 23.2 Å². The minimum atomic E-state index is 0.340. The maximum Gasteiger partial charge on any atom is 0.248 e. The topological polar surface area (TPSA) is 73.1 Å². The third-order valence-corrected chi connectivity index (χ3v) is 4.04. The molecule has 1 heterocycles. The van der Waals surface area contributed by atoms with Crippen LogP contribution >= 0.6 is 0 Å². The lowest BCUT2D eigenvalue weighted by Gasteiger charge is -2.13. The molecule has 0 spiro atoms. The van der Waals surface area contributed by atoms with Crippen molar-refractivity contribution in [3.05, 3.63) is 65.5 Å². The smallest absolute Gasteiger partial charge is 0.248 e. The minimum Gasteiger partial charge on any atom is -0.437 e. The van der Waals surface area contributed by atoms with Crippen LogP contribution in [0.4, 0.5) is 17.2 Å². The highest BCUT2D eigenvalue weighted by atomic mass is 16.5. The van der Waals surface area contributed by atoms with Gasteiger partial charge in [-0.05, 0) is 55.2 Å². The number of hydrogen-bond donors (Lipinski definition) is 2. The number of nitrogens with zero attached hydrogens (tertiary/aromatic N) is 2. The standard InChI is InChI=1S/C20H22N4O/c1-4-15-7-9-16(10-8-15)25-20-18(21)19(22-12-23-20)24-17-11-13(2)5-6-14(17)3/h5-12H,4,21H2,1-3H3,(H,22,23,24). The molecule has 0 atom stereocenters. The molecule has 1 aromatic heterocycles. The Morgan fingerprint density at radius 2 is 1.80 bits per heavy atom. The molecule has 0 amide bonds. The first kappa shape index (κ1) is 16.8. The van der Waals surface area contributed by atoms with Crippen LogP contribution in [-0.2, 0) is 6.42 Å². The molecule has 0 bridgehead atoms. The van der Waals surface area contributed by atoms with Gasteiger partial charge >= 0.3 is 0 Å². The molecule has 0 radical (unpaired) electrons. The Morgan fingerprint density at radius 1 is 1.04 bits per heavy atom. The summed E-state index contributed by atoms with van der Waals surface area (Å²) in [6.07, 6.45) is 2.43. The lowest BCUT2D eigenvalue weighted by atomic mass is 10.1. The van der Waals surface area contributed by atoms with Gasteiger partial charge < -0.3 is 15.8 Å². The zero-order valence-corrected chi connectivity index (χ0v) is 14.7. The molecule has 0 saturated heterocycles. The Kier molecular flexibility index (Phi) is 4.84. The normalized spacial score (nSPS) is 10.5. The summed E-state index contributed by atoms with van der Waals surface area (Å²) in [5.74, 6) is 1.57. The summed E-state index contributed by atoms with van der Waals surface area (Å²) in [7, 11) is 0. The van der Waals surface area contributed by atoms with Crippen LogP contribution in [0.15, 0.2) is 48.8 Å². The van der Waals surface area contributed by atoms with Gasteiger partial charge in [-0.15, -0.1) is 0 Å². The van der Waals surface area contributed by atoms with Crippen molar-refractivity contribution < 1.29 is 4.74 Å². The quantitative estimate of drug-likeness (QED) is 0.703. The molecule has 0 aliphatic rings. The number of nitrogens with two attached hydrogens (primary N) is 1. The molecule has 0 fully saturated rings. The van der Waals surface area contributed by atoms with Crippen LogP contribution in [0.5, 0.6) is 11.6 Å². The van der Waals surface area contributed by atoms with Crippen molar-refractivity contribution in [1.29, 1.82) is 0 Å². The molecule has 5 nitrogen and oxygen atoms in total. The van der Waals surface area contributed by atoms with Gasteiger partial charge in [-0.3, -0.25) is 0 Å². The molecular weight excluding hydrogens is 312 g/mol. The third-order valence-electron chi connectivity index (χ3n) is 4.04. The molecular formula is C20H22N4O. The first-order valence-corrected chi connectivity index (χ1v) is 8.28. The highest BCUT2D eigenvalue weighted by Gasteiger charge is 2.11. The summed E-state index contributed by atoms with van der Waals surface area (Å²) < 4.78 is 5.82. The van der Waals surface area contributed by atoms with Gasteiger partial charge in [-0.1, -0.05) is 31.2 Å². The lowest BCUT2D eigenvalue weighted by Crippen LogP contribution is -2.04. The van der Waals surface area contributed by atoms with E-state index in [1.165, 1.54) is 11.9 Å². The van der Waals surface area contributed by atoms with Crippen molar-refractivity contribution in [3.8, 4) is 11.6 Å². The Labute approximate surface area is 147 Å². The summed E-state index contributed by atoms with van der Waals surface area (Å²) in [5.41, 5.74) is 11.1. The van der Waals surface area contributed by atoms with E-state index in [4.69, 9.17) is 10.5 Å². The Morgan fingerprint density at radius 3 is 2.52 bits per heavy atom. The fourth-order valence-corrected chi connectivity index (χ4v) is 2.46. The molecule has 0 aliphatic heterocycles. The van der Waals surface area contributed by atoms with Gasteiger partial charge in [0.2, 0.25) is 5.88 Å². The lowest BCUT2D eigenvalue weighted by molar-refractivity contribution is 0.464. The molecule has 128 valence electrons. The fourth-order valence-electron chi connectivity index (χ4n) is 2.46. The number of hydrogen-bond acceptors (Lipinski definition) is 5. The maximum absolute atomic E-state index is 6.21. The van der Waals surface area contributed by atoms with Crippen molar-refractivity contribution in [1.82, 2.24) is 9.97 Å². The molecule has 25 heavy (non-hydrogen) atoms. The number of benzene rings is 2. The van der Waals surface area contributed by atoms with Crippen molar-refractivity contribution in [3.63, 3.8) is 0 Å². The van der Waals surface area contributed by atoms with Crippen molar-refractivity contribution in [2.45, 2.75) is 27.2 Å². The van der Waals surface area contributed by atoms with Crippen molar-refractivity contribution >= 4 is 17.2 Å². The highest BCUT2D eigenvalue weighted by Crippen LogP contribution is 2.32. The zero-order chi connectivity index (χ0) is 17.8. The van der Waals surface area contributed by atoms with E-state index in [-0.39, 0.29) is 0 Å². The molecule has 3 rings (SSSR count). The monoisotopic (exact) mass is 334 g/mol. The first-order chi connectivity index (χ1) is 12.1. The number of ether oxygens (including phenoxy) is 1. The molecule has 0 aliphatic carbocycles. The number of aromatic nitrogens is 2. The summed E-state index contributed by atoms with van der Waals surface area (Å²) in [4.78, 5) is 8.41. The molecule has 3 aromatic rings. The second-order valence-corrected chi connectivity index (χ2v) is 5.98. The Hall–Kier alpha value is -3.08. The van der Waals surface area contributed by atoms with Crippen LogP contribution in [0.25, 0.3) is 0 Å². The van der Waals surface area contributed by atoms with E-state index < -0.39 is 0 Å². The van der Waals surface area contributed by atoms with Crippen LogP contribution in [0, 0.1) is 13.8 Å². The fraction of sp³-hybridized carbons (Fsp3) is 0.200. The minimum absolute atomic E-state index is 0.340. The summed E-state index contributed by atoms with van der Waals surface area (Å²) >= 11 is 0. The largest absolute Gasteiger partial charge is 0.437 e. The van der Waals surface area contributed by atoms with E-state index >= 15 is 0 Å². The molecule has 0 saturated carbocycles. The predicted molar refractivity (Wildman–Crippen MR) is 102 cm³/mol. The van der Waals surface area contributed by atoms with Crippen LogP contribution < -0.4 is 15.8 Å². The second kappa shape index (κ2) is 7.21. The van der Waals surface area contributed by atoms with Crippen molar-refractivity contribution in [2.24, 2.45) is 0 Å². The van der Waals surface area contributed by atoms with Gasteiger partial charge in [0, 0.05) is 5.69 Å². The van der Waals surface area contributed by atoms with Crippen LogP contribution in [0.1, 0.15) is 23.6 Å². The number of aryl methyl sites for hydroxylation is 3. The van der Waals surface area contributed by atoms with Gasteiger partial charge in [-0.2, -0.15) is 4.98 Å². The van der Waals surface area contributed by atoms with Gasteiger partial charge in [0.05, 0.1) is 0 Å². The number of nitrogen functional groups attached to an aromatic ring is 1. The second-order valence-electron chi connectivity index (χ2n) is 5.98. The zero-order valence-electron chi connectivity index (χ0n) is 14.7. The average Bonchev–Trinajstić information content (AvgIpc) is 2.62. The van der Waals surface area contributed by atoms with Gasteiger partial charge in [0.1, 0.15) is 17.8 Å². The summed E-state index contributed by atoms with van der Waals surface area (Å²) in [6, 6.07) is 14.1. The Balaban J connectivity index is 1.85. The van der Waals surface area contributed by atoms with E-state index in [1.54, 1.807) is 0 Å². The van der Waals surface area contributed by atoms with Crippen LogP contribution in [0.3, 0.4) is 0 Å². The number of rotatable bonds is 5. The number of nitrogens with one attached hydrogen (secondary N) is 1. The number of anilines is 3. The molecule has 2 aromatic carbocycles. The van der Waals surface area contributed by atoms with E-state index in [1.807, 2.05) is 38.1 Å². The molecule has 0 unspecified atom stereocenters. The molecule has 3 N–H and O–H groups in total. The Bertz CT molecular complexity index is 875. The maximum atomic E-state index is 6.21.